The summed E-state index contributed by atoms with van der Waals surface area (Å²) in [5.74, 6) is 0.862. The predicted octanol–water partition coefficient (Wildman–Crippen LogP) is 2.13. The van der Waals surface area contributed by atoms with Crippen LogP contribution in [0.2, 0.25) is 0 Å². The highest BCUT2D eigenvalue weighted by Crippen LogP contribution is 2.24. The first-order valence-corrected chi connectivity index (χ1v) is 9.25. The van der Waals surface area contributed by atoms with Gasteiger partial charge in [-0.1, -0.05) is 13.8 Å². The summed E-state index contributed by atoms with van der Waals surface area (Å²) in [4.78, 5) is 28.6. The molecule has 1 saturated heterocycles. The van der Waals surface area contributed by atoms with Crippen LogP contribution in [0, 0.1) is 6.92 Å². The molecule has 1 aliphatic rings. The third-order valence-corrected chi connectivity index (χ3v) is 5.46. The molecule has 0 aliphatic carbocycles. The molecule has 8 heteroatoms. The van der Waals surface area contributed by atoms with E-state index in [2.05, 4.69) is 39.0 Å². The van der Waals surface area contributed by atoms with Gasteiger partial charge in [-0.15, -0.1) is 11.3 Å². The van der Waals surface area contributed by atoms with E-state index in [4.69, 9.17) is 4.74 Å². The number of carbonyl (C=O) groups excluding carboxylic acids is 1. The fraction of sp³-hybridized carbons (Fsp3) is 0.529. The first kappa shape index (κ1) is 17.8. The molecule has 0 bridgehead atoms. The molecule has 1 amide bonds. The maximum Gasteiger partial charge on any atom is 0.254 e. The summed E-state index contributed by atoms with van der Waals surface area (Å²) in [5.41, 5.74) is 1.44. The number of thiazole rings is 1. The van der Waals surface area contributed by atoms with Gasteiger partial charge in [0.2, 0.25) is 5.95 Å². The van der Waals surface area contributed by atoms with Gasteiger partial charge in [0, 0.05) is 36.3 Å². The maximum atomic E-state index is 12.3. The summed E-state index contributed by atoms with van der Waals surface area (Å²) in [6, 6.07) is 0. The highest BCUT2D eigenvalue weighted by atomic mass is 32.1. The van der Waals surface area contributed by atoms with Crippen LogP contribution in [-0.4, -0.2) is 47.2 Å². The van der Waals surface area contributed by atoms with Crippen LogP contribution in [0.5, 0.6) is 0 Å². The number of aromatic nitrogens is 3. The summed E-state index contributed by atoms with van der Waals surface area (Å²) in [6.07, 6.45) is 3.15. The molecule has 1 aliphatic heterocycles. The van der Waals surface area contributed by atoms with Gasteiger partial charge in [-0.2, -0.15) is 0 Å². The Morgan fingerprint density at radius 3 is 2.60 bits per heavy atom. The zero-order valence-corrected chi connectivity index (χ0v) is 15.6. The molecule has 0 radical (unpaired) electrons. The van der Waals surface area contributed by atoms with Crippen LogP contribution in [0.25, 0.3) is 0 Å². The van der Waals surface area contributed by atoms with Gasteiger partial charge in [-0.05, 0) is 6.92 Å². The molecule has 2 aromatic heterocycles. The highest BCUT2D eigenvalue weighted by Gasteiger charge is 2.15. The van der Waals surface area contributed by atoms with Gasteiger partial charge in [0.05, 0.1) is 36.0 Å². The van der Waals surface area contributed by atoms with E-state index in [0.717, 1.165) is 28.7 Å². The van der Waals surface area contributed by atoms with Crippen molar-refractivity contribution in [2.75, 3.05) is 31.2 Å². The van der Waals surface area contributed by atoms with Crippen molar-refractivity contribution in [3.8, 4) is 0 Å². The Kier molecular flexibility index (Phi) is 5.60. The average Bonchev–Trinajstić information content (AvgIpc) is 3.02. The van der Waals surface area contributed by atoms with E-state index in [0.29, 0.717) is 37.2 Å². The number of rotatable bonds is 5. The normalized spacial score (nSPS) is 14.8. The Morgan fingerprint density at radius 1 is 1.32 bits per heavy atom. The number of ether oxygens (including phenoxy) is 1. The Labute approximate surface area is 151 Å². The fourth-order valence-corrected chi connectivity index (χ4v) is 3.50. The molecule has 1 fully saturated rings. The molecule has 3 heterocycles. The van der Waals surface area contributed by atoms with Crippen molar-refractivity contribution in [1.82, 2.24) is 20.3 Å². The van der Waals surface area contributed by atoms with Crippen LogP contribution in [0.4, 0.5) is 5.95 Å². The van der Waals surface area contributed by atoms with Crippen molar-refractivity contribution in [2.24, 2.45) is 0 Å². The van der Waals surface area contributed by atoms with Gasteiger partial charge in [0.25, 0.3) is 5.91 Å². The van der Waals surface area contributed by atoms with Gasteiger partial charge in [-0.25, -0.2) is 15.0 Å². The van der Waals surface area contributed by atoms with Gasteiger partial charge in [-0.3, -0.25) is 4.79 Å². The van der Waals surface area contributed by atoms with Gasteiger partial charge >= 0.3 is 0 Å². The number of amides is 1. The first-order chi connectivity index (χ1) is 12.0. The van der Waals surface area contributed by atoms with Crippen LogP contribution < -0.4 is 10.2 Å². The van der Waals surface area contributed by atoms with Crippen LogP contribution in [0.3, 0.4) is 0 Å². The van der Waals surface area contributed by atoms with E-state index in [1.165, 1.54) is 0 Å². The summed E-state index contributed by atoms with van der Waals surface area (Å²) >= 11 is 1.65. The minimum Gasteiger partial charge on any atom is -0.378 e. The Morgan fingerprint density at radius 2 is 2.00 bits per heavy atom. The lowest BCUT2D eigenvalue weighted by Crippen LogP contribution is -2.37. The number of hydrogen-bond acceptors (Lipinski definition) is 7. The van der Waals surface area contributed by atoms with Crippen molar-refractivity contribution in [2.45, 2.75) is 33.2 Å². The molecule has 7 nitrogen and oxygen atoms in total. The van der Waals surface area contributed by atoms with Crippen LogP contribution in [0.1, 0.15) is 45.7 Å². The lowest BCUT2D eigenvalue weighted by Gasteiger charge is -2.26. The number of nitrogens with zero attached hydrogens (tertiary/aromatic N) is 4. The highest BCUT2D eigenvalue weighted by molar-refractivity contribution is 7.11. The topological polar surface area (TPSA) is 80.2 Å². The summed E-state index contributed by atoms with van der Waals surface area (Å²) in [6.45, 7) is 9.59. The molecule has 2 aromatic rings. The number of morpholine rings is 1. The molecule has 3 rings (SSSR count). The molecule has 1 N–H and O–H groups in total. The maximum absolute atomic E-state index is 12.3. The number of hydrogen-bond donors (Lipinski definition) is 1. The van der Waals surface area contributed by atoms with Crippen LogP contribution >= 0.6 is 11.3 Å². The summed E-state index contributed by atoms with van der Waals surface area (Å²) < 4.78 is 5.32. The number of aryl methyl sites for hydroxylation is 1. The molecule has 0 unspecified atom stereocenters. The minimum atomic E-state index is -0.174. The monoisotopic (exact) mass is 361 g/mol. The first-order valence-electron chi connectivity index (χ1n) is 8.43. The smallest absolute Gasteiger partial charge is 0.254 e. The van der Waals surface area contributed by atoms with Crippen molar-refractivity contribution < 1.29 is 9.53 Å². The van der Waals surface area contributed by atoms with Crippen molar-refractivity contribution in [1.29, 1.82) is 0 Å². The fourth-order valence-electron chi connectivity index (χ4n) is 2.49. The number of carbonyl (C=O) groups is 1. The third kappa shape index (κ3) is 4.32. The third-order valence-electron chi connectivity index (χ3n) is 4.01. The second-order valence-corrected chi connectivity index (χ2v) is 7.38. The Bertz CT molecular complexity index is 723. The van der Waals surface area contributed by atoms with Crippen molar-refractivity contribution in [3.63, 3.8) is 0 Å². The Balaban J connectivity index is 1.59. The Hall–Kier alpha value is -2.06. The van der Waals surface area contributed by atoms with Gasteiger partial charge < -0.3 is 15.0 Å². The lowest BCUT2D eigenvalue weighted by atomic mass is 10.2. The van der Waals surface area contributed by atoms with E-state index < -0.39 is 0 Å². The summed E-state index contributed by atoms with van der Waals surface area (Å²) in [5, 5.41) is 4.02. The molecule has 0 aromatic carbocycles. The van der Waals surface area contributed by atoms with E-state index in [1.807, 2.05) is 6.92 Å². The van der Waals surface area contributed by atoms with E-state index in [9.17, 15) is 4.79 Å². The van der Waals surface area contributed by atoms with E-state index >= 15 is 0 Å². The number of anilines is 1. The van der Waals surface area contributed by atoms with Crippen molar-refractivity contribution in [3.05, 3.63) is 33.5 Å². The molecule has 0 saturated carbocycles. The molecule has 25 heavy (non-hydrogen) atoms. The standard InChI is InChI=1S/C17H23N5O2S/c1-11(2)16-21-12(3)14(25-16)10-18-15(23)13-8-19-17(20-9-13)22-4-6-24-7-5-22/h8-9,11H,4-7,10H2,1-3H3,(H,18,23). The van der Waals surface area contributed by atoms with E-state index in [-0.39, 0.29) is 5.91 Å². The van der Waals surface area contributed by atoms with Crippen LogP contribution in [0.15, 0.2) is 12.4 Å². The summed E-state index contributed by atoms with van der Waals surface area (Å²) in [7, 11) is 0. The molecular formula is C17H23N5O2S. The SMILES string of the molecule is Cc1nc(C(C)C)sc1CNC(=O)c1cnc(N2CCOCC2)nc1. The lowest BCUT2D eigenvalue weighted by molar-refractivity contribution is 0.0950. The zero-order valence-electron chi connectivity index (χ0n) is 14.8. The predicted molar refractivity (Wildman–Crippen MR) is 97.2 cm³/mol. The average molecular weight is 361 g/mol. The zero-order chi connectivity index (χ0) is 17.8. The molecular weight excluding hydrogens is 338 g/mol. The molecule has 134 valence electrons. The largest absolute Gasteiger partial charge is 0.378 e. The minimum absolute atomic E-state index is 0.174. The second kappa shape index (κ2) is 7.88. The number of nitrogens with one attached hydrogen (secondary N) is 1. The second-order valence-electron chi connectivity index (χ2n) is 6.27. The van der Waals surface area contributed by atoms with Gasteiger partial charge in [0.15, 0.2) is 0 Å². The van der Waals surface area contributed by atoms with Gasteiger partial charge in [0.1, 0.15) is 0 Å². The molecule has 0 atom stereocenters. The van der Waals surface area contributed by atoms with E-state index in [1.54, 1.807) is 23.7 Å². The van der Waals surface area contributed by atoms with Crippen LogP contribution in [-0.2, 0) is 11.3 Å². The molecule has 0 spiro atoms. The van der Waals surface area contributed by atoms with Crippen molar-refractivity contribution >= 4 is 23.2 Å². The quantitative estimate of drug-likeness (QED) is 0.879.